The average Bonchev–Trinajstić information content (AvgIpc) is 3.03. The van der Waals surface area contributed by atoms with E-state index in [-0.39, 0.29) is 0 Å². The van der Waals surface area contributed by atoms with Crippen LogP contribution in [0.15, 0.2) is 133 Å². The third kappa shape index (κ3) is 4.43. The average molecular weight is 517 g/mol. The molecule has 0 aromatic carbocycles. The van der Waals surface area contributed by atoms with Crippen LogP contribution in [-0.2, 0) is 0 Å². The van der Waals surface area contributed by atoms with Gasteiger partial charge in [-0.05, 0) is 60.7 Å². The molecule has 8 heteroatoms. The first-order chi connectivity index (χ1) is 19.8. The molecule has 0 spiro atoms. The molecule has 0 N–H and O–H groups in total. The van der Waals surface area contributed by atoms with Crippen molar-refractivity contribution in [2.75, 3.05) is 0 Å². The summed E-state index contributed by atoms with van der Waals surface area (Å²) in [5, 5.41) is 0. The van der Waals surface area contributed by atoms with Gasteiger partial charge in [0.2, 0.25) is 0 Å². The SMILES string of the molecule is c1cc(-c2ccc(C3=Nc4cnccc4C(c4ccc(-c5ccncc5)nc4)=Nc4cnccc43)cn2)ccn1. The second-order valence-electron chi connectivity index (χ2n) is 9.04. The van der Waals surface area contributed by atoms with Crippen LogP contribution in [0.1, 0.15) is 22.3 Å². The van der Waals surface area contributed by atoms with Crippen molar-refractivity contribution in [1.82, 2.24) is 29.9 Å². The van der Waals surface area contributed by atoms with E-state index in [1.54, 1.807) is 49.6 Å². The summed E-state index contributed by atoms with van der Waals surface area (Å²) in [5.41, 5.74) is 10.0. The number of pyridine rings is 6. The summed E-state index contributed by atoms with van der Waals surface area (Å²) in [6.45, 7) is 0. The molecule has 7 heterocycles. The van der Waals surface area contributed by atoms with E-state index in [4.69, 9.17) is 20.0 Å². The maximum atomic E-state index is 5.12. The molecule has 0 saturated carbocycles. The Balaban J connectivity index is 1.34. The van der Waals surface area contributed by atoms with E-state index in [0.717, 1.165) is 56.2 Å². The van der Waals surface area contributed by atoms with E-state index >= 15 is 0 Å². The molecule has 0 amide bonds. The fourth-order valence-corrected chi connectivity index (χ4v) is 4.61. The van der Waals surface area contributed by atoms with Crippen molar-refractivity contribution in [1.29, 1.82) is 0 Å². The minimum Gasteiger partial charge on any atom is -0.265 e. The fourth-order valence-electron chi connectivity index (χ4n) is 4.61. The van der Waals surface area contributed by atoms with Crippen molar-refractivity contribution < 1.29 is 0 Å². The zero-order chi connectivity index (χ0) is 26.7. The van der Waals surface area contributed by atoms with Crippen molar-refractivity contribution in [2.24, 2.45) is 9.98 Å². The Morgan fingerprint density at radius 1 is 0.350 bits per heavy atom. The van der Waals surface area contributed by atoms with Gasteiger partial charge in [-0.25, -0.2) is 9.98 Å². The molecule has 40 heavy (non-hydrogen) atoms. The first-order valence-corrected chi connectivity index (χ1v) is 12.6. The lowest BCUT2D eigenvalue weighted by atomic mass is 9.98. The number of rotatable bonds is 4. The lowest BCUT2D eigenvalue weighted by Gasteiger charge is -2.17. The molecule has 0 unspecified atom stereocenters. The molecular formula is C32H20N8. The van der Waals surface area contributed by atoms with Gasteiger partial charge in [0.1, 0.15) is 0 Å². The largest absolute Gasteiger partial charge is 0.265 e. The second kappa shape index (κ2) is 10.2. The Morgan fingerprint density at radius 2 is 0.775 bits per heavy atom. The van der Waals surface area contributed by atoms with Crippen LogP contribution in [0.5, 0.6) is 0 Å². The number of fused-ring (bicyclic) bond motifs is 2. The van der Waals surface area contributed by atoms with Crippen LogP contribution in [0.25, 0.3) is 22.5 Å². The first kappa shape index (κ1) is 23.4. The number of aromatic nitrogens is 6. The molecule has 0 bridgehead atoms. The van der Waals surface area contributed by atoms with Crippen molar-refractivity contribution in [3.8, 4) is 22.5 Å². The quantitative estimate of drug-likeness (QED) is 0.283. The molecule has 188 valence electrons. The lowest BCUT2D eigenvalue weighted by molar-refractivity contribution is 1.24. The molecule has 0 saturated heterocycles. The van der Waals surface area contributed by atoms with Gasteiger partial charge in [-0.2, -0.15) is 0 Å². The van der Waals surface area contributed by atoms with Crippen LogP contribution in [-0.4, -0.2) is 41.3 Å². The molecule has 7 rings (SSSR count). The lowest BCUT2D eigenvalue weighted by Crippen LogP contribution is -2.11. The molecule has 0 radical (unpaired) electrons. The summed E-state index contributed by atoms with van der Waals surface area (Å²) >= 11 is 0. The van der Waals surface area contributed by atoms with Gasteiger partial charge in [-0.1, -0.05) is 0 Å². The third-order valence-corrected chi connectivity index (χ3v) is 6.60. The van der Waals surface area contributed by atoms with E-state index in [1.165, 1.54) is 0 Å². The van der Waals surface area contributed by atoms with Crippen LogP contribution in [0, 0.1) is 0 Å². The van der Waals surface area contributed by atoms with Gasteiger partial charge in [-0.3, -0.25) is 29.9 Å². The van der Waals surface area contributed by atoms with Crippen LogP contribution >= 0.6 is 0 Å². The predicted octanol–water partition coefficient (Wildman–Crippen LogP) is 6.04. The van der Waals surface area contributed by atoms with Gasteiger partial charge < -0.3 is 0 Å². The number of nitrogens with zero attached hydrogens (tertiary/aromatic N) is 8. The normalized spacial score (nSPS) is 12.3. The monoisotopic (exact) mass is 516 g/mol. The van der Waals surface area contributed by atoms with E-state index in [9.17, 15) is 0 Å². The van der Waals surface area contributed by atoms with Gasteiger partial charge in [0.05, 0.1) is 46.6 Å². The Morgan fingerprint density at radius 3 is 1.18 bits per heavy atom. The van der Waals surface area contributed by atoms with Crippen molar-refractivity contribution >= 4 is 22.8 Å². The smallest absolute Gasteiger partial charge is 0.0914 e. The standard InChI is InChI=1S/C32H20N8/c1-3-27(21-5-11-33-12-6-21)37-17-23(1)31-25-9-15-35-19-29(25)40-32(26-10-16-36-20-30(26)39-31)24-2-4-28(38-18-24)22-7-13-34-14-8-22/h1-20H. The van der Waals surface area contributed by atoms with E-state index in [0.29, 0.717) is 11.4 Å². The number of hydrogen-bond donors (Lipinski definition) is 0. The van der Waals surface area contributed by atoms with Crippen molar-refractivity contribution in [2.45, 2.75) is 0 Å². The zero-order valence-electron chi connectivity index (χ0n) is 21.1. The molecule has 0 atom stereocenters. The van der Waals surface area contributed by atoms with Gasteiger partial charge in [-0.15, -0.1) is 0 Å². The highest BCUT2D eigenvalue weighted by Gasteiger charge is 2.21. The van der Waals surface area contributed by atoms with Gasteiger partial charge in [0, 0.05) is 83.0 Å². The molecule has 8 nitrogen and oxygen atoms in total. The predicted molar refractivity (Wildman–Crippen MR) is 154 cm³/mol. The summed E-state index contributed by atoms with van der Waals surface area (Å²) in [7, 11) is 0. The van der Waals surface area contributed by atoms with E-state index in [2.05, 4.69) is 19.9 Å². The Hall–Kier alpha value is -5.76. The topological polar surface area (TPSA) is 102 Å². The van der Waals surface area contributed by atoms with Gasteiger partial charge in [0.25, 0.3) is 0 Å². The highest BCUT2D eigenvalue weighted by molar-refractivity contribution is 6.22. The van der Waals surface area contributed by atoms with Gasteiger partial charge >= 0.3 is 0 Å². The highest BCUT2D eigenvalue weighted by Crippen LogP contribution is 2.32. The zero-order valence-corrected chi connectivity index (χ0v) is 21.1. The highest BCUT2D eigenvalue weighted by atomic mass is 14.9. The molecule has 1 aliphatic heterocycles. The molecular weight excluding hydrogens is 496 g/mol. The van der Waals surface area contributed by atoms with Crippen molar-refractivity contribution in [3.63, 3.8) is 0 Å². The Labute approximate surface area is 230 Å². The minimum absolute atomic E-state index is 0.704. The van der Waals surface area contributed by atoms with E-state index in [1.807, 2.05) is 73.1 Å². The minimum atomic E-state index is 0.704. The van der Waals surface area contributed by atoms with Crippen LogP contribution in [0.3, 0.4) is 0 Å². The summed E-state index contributed by atoms with van der Waals surface area (Å²) < 4.78 is 0. The van der Waals surface area contributed by atoms with Crippen LogP contribution in [0.2, 0.25) is 0 Å². The summed E-state index contributed by atoms with van der Waals surface area (Å²) in [4.78, 5) is 36.6. The molecule has 6 aromatic heterocycles. The maximum absolute atomic E-state index is 5.12. The van der Waals surface area contributed by atoms with Gasteiger partial charge in [0.15, 0.2) is 0 Å². The summed E-state index contributed by atoms with van der Waals surface area (Å²) in [5.74, 6) is 0. The molecule has 0 fully saturated rings. The summed E-state index contributed by atoms with van der Waals surface area (Å²) in [6.07, 6.45) is 17.7. The number of aliphatic imine (C=N–C) groups is 2. The second-order valence-corrected chi connectivity index (χ2v) is 9.04. The maximum Gasteiger partial charge on any atom is 0.0914 e. The van der Waals surface area contributed by atoms with Crippen LogP contribution in [0.4, 0.5) is 11.4 Å². The molecule has 6 aromatic rings. The Bertz CT molecular complexity index is 1720. The van der Waals surface area contributed by atoms with Crippen molar-refractivity contribution in [3.05, 3.63) is 145 Å². The molecule has 1 aliphatic rings. The van der Waals surface area contributed by atoms with Crippen LogP contribution < -0.4 is 0 Å². The fraction of sp³-hybridized carbons (Fsp3) is 0. The van der Waals surface area contributed by atoms with E-state index < -0.39 is 0 Å². The third-order valence-electron chi connectivity index (χ3n) is 6.60. The Kier molecular flexibility index (Phi) is 5.95. The molecule has 0 aliphatic carbocycles. The first-order valence-electron chi connectivity index (χ1n) is 12.6. The number of hydrogen-bond acceptors (Lipinski definition) is 8. The summed E-state index contributed by atoms with van der Waals surface area (Å²) in [6, 6.07) is 19.6.